The molecule has 6 nitrogen and oxygen atoms in total. The summed E-state index contributed by atoms with van der Waals surface area (Å²) in [7, 11) is 1.63. The normalized spacial score (nSPS) is 29.3. The van der Waals surface area contributed by atoms with Gasteiger partial charge in [0.05, 0.1) is 30.9 Å². The van der Waals surface area contributed by atoms with Gasteiger partial charge in [-0.3, -0.25) is 4.90 Å². The van der Waals surface area contributed by atoms with Crippen molar-refractivity contribution in [1.82, 2.24) is 4.90 Å². The molecule has 132 valence electrons. The molecule has 2 heterocycles. The summed E-state index contributed by atoms with van der Waals surface area (Å²) in [5.74, 6) is 0. The van der Waals surface area contributed by atoms with Crippen LogP contribution < -0.4 is 0 Å². The van der Waals surface area contributed by atoms with Gasteiger partial charge in [0, 0.05) is 13.7 Å². The van der Waals surface area contributed by atoms with E-state index in [0.29, 0.717) is 39.1 Å². The maximum atomic E-state index is 12.6. The summed E-state index contributed by atoms with van der Waals surface area (Å²) in [6.45, 7) is 1.64. The van der Waals surface area contributed by atoms with E-state index in [0.717, 1.165) is 5.56 Å². The zero-order chi connectivity index (χ0) is 17.0. The molecule has 1 aromatic rings. The van der Waals surface area contributed by atoms with Gasteiger partial charge in [-0.05, 0) is 24.8 Å². The molecule has 2 bridgehead atoms. The Hall–Kier alpha value is -1.63. The minimum atomic E-state index is -0.800. The molecule has 24 heavy (non-hydrogen) atoms. The topological polar surface area (TPSA) is 68.2 Å². The summed E-state index contributed by atoms with van der Waals surface area (Å²) in [5, 5.41) is 10.8. The lowest BCUT2D eigenvalue weighted by Gasteiger charge is -2.50. The Kier molecular flexibility index (Phi) is 5.38. The Morgan fingerprint density at radius 3 is 2.58 bits per heavy atom. The Morgan fingerprint density at radius 2 is 1.96 bits per heavy atom. The molecule has 3 rings (SSSR count). The molecule has 0 radical (unpaired) electrons. The molecule has 0 saturated carbocycles. The quantitative estimate of drug-likeness (QED) is 0.891. The van der Waals surface area contributed by atoms with E-state index in [1.165, 1.54) is 0 Å². The van der Waals surface area contributed by atoms with Crippen LogP contribution >= 0.6 is 0 Å². The summed E-state index contributed by atoms with van der Waals surface area (Å²) in [6, 6.07) is 9.32. The van der Waals surface area contributed by atoms with E-state index in [9.17, 15) is 9.90 Å². The van der Waals surface area contributed by atoms with Gasteiger partial charge in [-0.2, -0.15) is 0 Å². The van der Waals surface area contributed by atoms with Gasteiger partial charge >= 0.3 is 6.09 Å². The predicted octanol–water partition coefficient (Wildman–Crippen LogP) is 1.95. The van der Waals surface area contributed by atoms with Crippen molar-refractivity contribution in [2.45, 2.75) is 43.6 Å². The molecule has 2 unspecified atom stereocenters. The van der Waals surface area contributed by atoms with Crippen molar-refractivity contribution in [3.63, 3.8) is 0 Å². The maximum Gasteiger partial charge on any atom is 0.410 e. The lowest BCUT2D eigenvalue weighted by Crippen LogP contribution is -2.63. The minimum Gasteiger partial charge on any atom is -0.445 e. The predicted molar refractivity (Wildman–Crippen MR) is 87.5 cm³/mol. The molecular formula is C18H25NO5. The molecule has 0 aliphatic carbocycles. The number of carbonyl (C=O) groups is 1. The van der Waals surface area contributed by atoms with Crippen LogP contribution in [-0.2, 0) is 20.8 Å². The molecule has 0 aromatic heterocycles. The molecule has 2 fully saturated rings. The second-order valence-corrected chi connectivity index (χ2v) is 6.67. The highest BCUT2D eigenvalue weighted by molar-refractivity contribution is 5.69. The fourth-order valence-electron chi connectivity index (χ4n) is 3.66. The molecule has 2 saturated heterocycles. The second kappa shape index (κ2) is 7.51. The number of nitrogens with zero attached hydrogens (tertiary/aromatic N) is 1. The van der Waals surface area contributed by atoms with Crippen molar-refractivity contribution in [2.24, 2.45) is 0 Å². The van der Waals surface area contributed by atoms with Crippen molar-refractivity contribution in [1.29, 1.82) is 0 Å². The first kappa shape index (κ1) is 17.2. The summed E-state index contributed by atoms with van der Waals surface area (Å²) >= 11 is 0. The third-order valence-corrected chi connectivity index (χ3v) is 4.83. The van der Waals surface area contributed by atoms with Crippen molar-refractivity contribution in [3.8, 4) is 0 Å². The highest BCUT2D eigenvalue weighted by Crippen LogP contribution is 2.36. The zero-order valence-electron chi connectivity index (χ0n) is 14.0. The second-order valence-electron chi connectivity index (χ2n) is 6.67. The summed E-state index contributed by atoms with van der Waals surface area (Å²) in [4.78, 5) is 14.3. The van der Waals surface area contributed by atoms with E-state index in [1.807, 2.05) is 30.3 Å². The molecule has 6 heteroatoms. The fraction of sp³-hybridized carbons (Fsp3) is 0.611. The van der Waals surface area contributed by atoms with Gasteiger partial charge in [-0.1, -0.05) is 30.3 Å². The number of hydrogen-bond donors (Lipinski definition) is 1. The highest BCUT2D eigenvalue weighted by Gasteiger charge is 2.48. The van der Waals surface area contributed by atoms with E-state index in [1.54, 1.807) is 12.0 Å². The van der Waals surface area contributed by atoms with Gasteiger partial charge in [-0.15, -0.1) is 0 Å². The van der Waals surface area contributed by atoms with Crippen LogP contribution in [0.5, 0.6) is 0 Å². The third kappa shape index (κ3) is 3.88. The summed E-state index contributed by atoms with van der Waals surface area (Å²) in [6.07, 6.45) is 1.23. The maximum absolute atomic E-state index is 12.6. The number of aliphatic hydroxyl groups is 1. The average molecular weight is 335 g/mol. The molecule has 1 aromatic carbocycles. The number of piperidine rings is 1. The molecule has 1 N–H and O–H groups in total. The highest BCUT2D eigenvalue weighted by atomic mass is 16.6. The van der Waals surface area contributed by atoms with E-state index < -0.39 is 5.60 Å². The van der Waals surface area contributed by atoms with Crippen LogP contribution in [0.3, 0.4) is 0 Å². The van der Waals surface area contributed by atoms with Gasteiger partial charge in [0.1, 0.15) is 6.61 Å². The number of amides is 1. The Morgan fingerprint density at radius 1 is 1.29 bits per heavy atom. The number of ether oxygens (including phenoxy) is 3. The summed E-state index contributed by atoms with van der Waals surface area (Å²) in [5.41, 5.74) is 0.159. The number of morpholine rings is 1. The van der Waals surface area contributed by atoms with E-state index >= 15 is 0 Å². The summed E-state index contributed by atoms with van der Waals surface area (Å²) < 4.78 is 16.2. The average Bonchev–Trinajstić information content (AvgIpc) is 2.58. The smallest absolute Gasteiger partial charge is 0.410 e. The third-order valence-electron chi connectivity index (χ3n) is 4.83. The lowest BCUT2D eigenvalue weighted by atomic mass is 9.79. The van der Waals surface area contributed by atoms with Gasteiger partial charge in [0.15, 0.2) is 0 Å². The zero-order valence-corrected chi connectivity index (χ0v) is 14.0. The van der Waals surface area contributed by atoms with Crippen molar-refractivity contribution < 1.29 is 24.1 Å². The Labute approximate surface area is 142 Å². The Bertz CT molecular complexity index is 536. The SMILES string of the molecule is COCCC1(O)CC2COCC(C1)N2C(=O)OCc1ccccc1. The van der Waals surface area contributed by atoms with Crippen LogP contribution in [0.15, 0.2) is 30.3 Å². The number of rotatable bonds is 5. The number of fused-ring (bicyclic) bond motifs is 2. The molecular weight excluding hydrogens is 310 g/mol. The van der Waals surface area contributed by atoms with Crippen LogP contribution in [0.2, 0.25) is 0 Å². The van der Waals surface area contributed by atoms with E-state index in [4.69, 9.17) is 14.2 Å². The first-order valence-corrected chi connectivity index (χ1v) is 8.39. The number of carbonyl (C=O) groups excluding carboxylic acids is 1. The molecule has 2 aliphatic rings. The first-order chi connectivity index (χ1) is 11.6. The molecule has 1 amide bonds. The van der Waals surface area contributed by atoms with Crippen LogP contribution in [0, 0.1) is 0 Å². The first-order valence-electron chi connectivity index (χ1n) is 8.39. The molecule has 2 aliphatic heterocycles. The number of benzene rings is 1. The minimum absolute atomic E-state index is 0.150. The number of methoxy groups -OCH3 is 1. The van der Waals surface area contributed by atoms with E-state index in [-0.39, 0.29) is 24.8 Å². The van der Waals surface area contributed by atoms with Crippen molar-refractivity contribution in [2.75, 3.05) is 26.9 Å². The molecule has 0 spiro atoms. The van der Waals surface area contributed by atoms with E-state index in [2.05, 4.69) is 0 Å². The standard InChI is InChI=1S/C18H25NO5/c1-22-8-7-18(21)9-15-12-23-13-16(10-18)19(15)17(20)24-11-14-5-3-2-4-6-14/h2-6,15-16,21H,7-13H2,1H3. The van der Waals surface area contributed by atoms with Gasteiger partial charge in [0.2, 0.25) is 0 Å². The monoisotopic (exact) mass is 335 g/mol. The van der Waals surface area contributed by atoms with Crippen molar-refractivity contribution >= 4 is 6.09 Å². The molecule has 2 atom stereocenters. The van der Waals surface area contributed by atoms with Gasteiger partial charge < -0.3 is 19.3 Å². The van der Waals surface area contributed by atoms with Crippen LogP contribution in [0.25, 0.3) is 0 Å². The van der Waals surface area contributed by atoms with Gasteiger partial charge in [-0.25, -0.2) is 4.79 Å². The van der Waals surface area contributed by atoms with Gasteiger partial charge in [0.25, 0.3) is 0 Å². The fourth-order valence-corrected chi connectivity index (χ4v) is 3.66. The number of hydrogen-bond acceptors (Lipinski definition) is 5. The lowest BCUT2D eigenvalue weighted by molar-refractivity contribution is -0.139. The van der Waals surface area contributed by atoms with Crippen molar-refractivity contribution in [3.05, 3.63) is 35.9 Å². The van der Waals surface area contributed by atoms with Crippen LogP contribution in [0.4, 0.5) is 4.79 Å². The van der Waals surface area contributed by atoms with Crippen LogP contribution in [-0.4, -0.2) is 60.7 Å². The largest absolute Gasteiger partial charge is 0.445 e. The Balaban J connectivity index is 1.62. The van der Waals surface area contributed by atoms with Crippen LogP contribution in [0.1, 0.15) is 24.8 Å².